The number of rotatable bonds is 3. The van der Waals surface area contributed by atoms with Crippen LogP contribution in [-0.2, 0) is 6.42 Å². The molecule has 0 unspecified atom stereocenters. The highest BCUT2D eigenvalue weighted by Crippen LogP contribution is 2.09. The minimum Gasteiger partial charge on any atom is -0.330 e. The topological polar surface area (TPSA) is 77.6 Å². The van der Waals surface area contributed by atoms with Crippen LogP contribution in [0.3, 0.4) is 0 Å². The quantitative estimate of drug-likeness (QED) is 0.779. The molecular weight excluding hydrogens is 190 g/mol. The Hall–Kier alpha value is -1.88. The van der Waals surface area contributed by atoms with E-state index in [1.807, 2.05) is 0 Å². The second kappa shape index (κ2) is 4.56. The maximum absolute atomic E-state index is 5.43. The van der Waals surface area contributed by atoms with Crippen LogP contribution < -0.4 is 5.73 Å². The van der Waals surface area contributed by atoms with E-state index in [4.69, 9.17) is 5.73 Å². The van der Waals surface area contributed by atoms with E-state index in [1.165, 1.54) is 6.33 Å². The lowest BCUT2D eigenvalue weighted by Crippen LogP contribution is -2.04. The summed E-state index contributed by atoms with van der Waals surface area (Å²) in [6, 6.07) is 1.78. The molecule has 2 N–H and O–H groups in total. The van der Waals surface area contributed by atoms with Gasteiger partial charge in [0.05, 0.1) is 0 Å². The first-order valence-corrected chi connectivity index (χ1v) is 4.67. The van der Waals surface area contributed by atoms with Crippen LogP contribution in [0.1, 0.15) is 5.56 Å². The lowest BCUT2D eigenvalue weighted by Gasteiger charge is -2.00. The van der Waals surface area contributed by atoms with E-state index >= 15 is 0 Å². The third-order valence-electron chi connectivity index (χ3n) is 1.95. The molecule has 0 saturated carbocycles. The Morgan fingerprint density at radius 3 is 2.53 bits per heavy atom. The van der Waals surface area contributed by atoms with Crippen LogP contribution in [0.25, 0.3) is 11.5 Å². The molecule has 15 heavy (non-hydrogen) atoms. The molecule has 0 amide bonds. The lowest BCUT2D eigenvalue weighted by molar-refractivity contribution is 0.941. The average Bonchev–Trinajstić information content (AvgIpc) is 2.32. The van der Waals surface area contributed by atoms with E-state index in [1.54, 1.807) is 24.7 Å². The summed E-state index contributed by atoms with van der Waals surface area (Å²) in [4.78, 5) is 16.3. The monoisotopic (exact) mass is 201 g/mol. The molecule has 2 aromatic rings. The second-order valence-electron chi connectivity index (χ2n) is 3.05. The van der Waals surface area contributed by atoms with Gasteiger partial charge >= 0.3 is 0 Å². The lowest BCUT2D eigenvalue weighted by atomic mass is 10.2. The van der Waals surface area contributed by atoms with Crippen LogP contribution in [0.4, 0.5) is 0 Å². The summed E-state index contributed by atoms with van der Waals surface area (Å²) in [5.41, 5.74) is 7.20. The van der Waals surface area contributed by atoms with Crippen molar-refractivity contribution in [3.63, 3.8) is 0 Å². The Labute approximate surface area is 87.4 Å². The van der Waals surface area contributed by atoms with Crippen LogP contribution in [0.15, 0.2) is 31.0 Å². The van der Waals surface area contributed by atoms with Gasteiger partial charge in [-0.15, -0.1) is 0 Å². The van der Waals surface area contributed by atoms with Crippen molar-refractivity contribution in [1.82, 2.24) is 19.9 Å². The summed E-state index contributed by atoms with van der Waals surface area (Å²) >= 11 is 0. The van der Waals surface area contributed by atoms with Crippen molar-refractivity contribution in [1.29, 1.82) is 0 Å². The van der Waals surface area contributed by atoms with Crippen LogP contribution in [0, 0.1) is 0 Å². The SMILES string of the molecule is NCCc1cnc(-c2ccncn2)nc1. The molecule has 2 aromatic heterocycles. The third-order valence-corrected chi connectivity index (χ3v) is 1.95. The van der Waals surface area contributed by atoms with Gasteiger partial charge in [0.25, 0.3) is 0 Å². The summed E-state index contributed by atoms with van der Waals surface area (Å²) in [5.74, 6) is 0.609. The molecule has 76 valence electrons. The Morgan fingerprint density at radius 1 is 1.13 bits per heavy atom. The molecule has 0 aliphatic heterocycles. The molecule has 0 fully saturated rings. The van der Waals surface area contributed by atoms with Crippen molar-refractivity contribution in [3.8, 4) is 11.5 Å². The van der Waals surface area contributed by atoms with Crippen molar-refractivity contribution in [2.24, 2.45) is 5.73 Å². The molecule has 0 aromatic carbocycles. The molecule has 0 atom stereocenters. The first kappa shape index (κ1) is 9.67. The molecule has 0 spiro atoms. The summed E-state index contributed by atoms with van der Waals surface area (Å²) in [5, 5.41) is 0. The Bertz CT molecular complexity index is 412. The molecule has 2 heterocycles. The highest BCUT2D eigenvalue weighted by Gasteiger charge is 2.01. The largest absolute Gasteiger partial charge is 0.330 e. The van der Waals surface area contributed by atoms with Gasteiger partial charge in [-0.1, -0.05) is 0 Å². The zero-order valence-corrected chi connectivity index (χ0v) is 8.17. The molecule has 2 rings (SSSR count). The van der Waals surface area contributed by atoms with E-state index in [2.05, 4.69) is 19.9 Å². The summed E-state index contributed by atoms with van der Waals surface area (Å²) in [6.45, 7) is 0.607. The van der Waals surface area contributed by atoms with Crippen LogP contribution in [-0.4, -0.2) is 26.5 Å². The summed E-state index contributed by atoms with van der Waals surface area (Å²) in [6.07, 6.45) is 7.49. The Morgan fingerprint density at radius 2 is 1.93 bits per heavy atom. The predicted molar refractivity (Wildman–Crippen MR) is 55.8 cm³/mol. The van der Waals surface area contributed by atoms with Gasteiger partial charge in [-0.2, -0.15) is 0 Å². The van der Waals surface area contributed by atoms with Crippen LogP contribution >= 0.6 is 0 Å². The van der Waals surface area contributed by atoms with Gasteiger partial charge in [-0.3, -0.25) is 0 Å². The first-order valence-electron chi connectivity index (χ1n) is 4.67. The van der Waals surface area contributed by atoms with E-state index in [0.29, 0.717) is 12.4 Å². The molecule has 0 bridgehead atoms. The fraction of sp³-hybridized carbons (Fsp3) is 0.200. The summed E-state index contributed by atoms with van der Waals surface area (Å²) in [7, 11) is 0. The van der Waals surface area contributed by atoms with Gasteiger partial charge < -0.3 is 5.73 Å². The number of hydrogen-bond acceptors (Lipinski definition) is 5. The average molecular weight is 201 g/mol. The van der Waals surface area contributed by atoms with Crippen molar-refractivity contribution in [2.75, 3.05) is 6.54 Å². The fourth-order valence-electron chi connectivity index (χ4n) is 1.21. The second-order valence-corrected chi connectivity index (χ2v) is 3.05. The zero-order chi connectivity index (χ0) is 10.5. The van der Waals surface area contributed by atoms with Crippen LogP contribution in [0.5, 0.6) is 0 Å². The molecular formula is C10H11N5. The minimum atomic E-state index is 0.607. The maximum Gasteiger partial charge on any atom is 0.178 e. The normalized spacial score (nSPS) is 10.2. The number of hydrogen-bond donors (Lipinski definition) is 1. The maximum atomic E-state index is 5.43. The van der Waals surface area contributed by atoms with Gasteiger partial charge in [0, 0.05) is 18.6 Å². The number of nitrogens with zero attached hydrogens (tertiary/aromatic N) is 4. The van der Waals surface area contributed by atoms with Crippen molar-refractivity contribution in [3.05, 3.63) is 36.5 Å². The van der Waals surface area contributed by atoms with Gasteiger partial charge in [-0.25, -0.2) is 19.9 Å². The van der Waals surface area contributed by atoms with Crippen molar-refractivity contribution < 1.29 is 0 Å². The molecule has 0 saturated heterocycles. The predicted octanol–water partition coefficient (Wildman–Crippen LogP) is 0.435. The Kier molecular flexibility index (Phi) is 2.94. The Balaban J connectivity index is 2.24. The molecule has 0 aliphatic rings. The van der Waals surface area contributed by atoms with Crippen molar-refractivity contribution in [2.45, 2.75) is 6.42 Å². The number of aromatic nitrogens is 4. The van der Waals surface area contributed by atoms with E-state index < -0.39 is 0 Å². The molecule has 0 radical (unpaired) electrons. The van der Waals surface area contributed by atoms with E-state index in [0.717, 1.165) is 17.7 Å². The van der Waals surface area contributed by atoms with Gasteiger partial charge in [-0.05, 0) is 24.6 Å². The highest BCUT2D eigenvalue weighted by molar-refractivity contribution is 5.46. The fourth-order valence-corrected chi connectivity index (χ4v) is 1.21. The number of nitrogens with two attached hydrogens (primary N) is 1. The molecule has 0 aliphatic carbocycles. The van der Waals surface area contributed by atoms with Gasteiger partial charge in [0.1, 0.15) is 12.0 Å². The van der Waals surface area contributed by atoms with Crippen LogP contribution in [0.2, 0.25) is 0 Å². The minimum absolute atomic E-state index is 0.607. The van der Waals surface area contributed by atoms with E-state index in [9.17, 15) is 0 Å². The van der Waals surface area contributed by atoms with E-state index in [-0.39, 0.29) is 0 Å². The third kappa shape index (κ3) is 2.32. The standard InChI is InChI=1S/C10H11N5/c11-3-1-8-5-13-10(14-6-8)9-2-4-12-7-15-9/h2,4-7H,1,3,11H2. The highest BCUT2D eigenvalue weighted by atomic mass is 14.9. The smallest absolute Gasteiger partial charge is 0.178 e. The zero-order valence-electron chi connectivity index (χ0n) is 8.17. The van der Waals surface area contributed by atoms with Gasteiger partial charge in [0.2, 0.25) is 0 Å². The first-order chi connectivity index (χ1) is 7.40. The van der Waals surface area contributed by atoms with Crippen molar-refractivity contribution >= 4 is 0 Å². The molecule has 5 nitrogen and oxygen atoms in total. The van der Waals surface area contributed by atoms with Gasteiger partial charge in [0.15, 0.2) is 5.82 Å². The summed E-state index contributed by atoms with van der Waals surface area (Å²) < 4.78 is 0. The molecule has 5 heteroatoms.